The molecule has 0 amide bonds. The zero-order chi connectivity index (χ0) is 14.4. The number of anilines is 1. The van der Waals surface area contributed by atoms with Gasteiger partial charge in [-0.3, -0.25) is 10.2 Å². The first-order chi connectivity index (χ1) is 8.95. The minimum Gasteiger partial charge on any atom is -0.291 e. The number of ketones is 1. The van der Waals surface area contributed by atoms with Gasteiger partial charge < -0.3 is 0 Å². The van der Waals surface area contributed by atoms with Crippen LogP contribution in [0.15, 0.2) is 17.2 Å². The molecule has 0 heterocycles. The maximum absolute atomic E-state index is 11.6. The molecule has 0 bridgehead atoms. The highest BCUT2D eigenvalue weighted by Crippen LogP contribution is 2.28. The van der Waals surface area contributed by atoms with Gasteiger partial charge in [-0.1, -0.05) is 48.1 Å². The summed E-state index contributed by atoms with van der Waals surface area (Å²) in [5.74, 6) is -0.179. The van der Waals surface area contributed by atoms with Crippen LogP contribution in [0.2, 0.25) is 10.0 Å². The van der Waals surface area contributed by atoms with Crippen LogP contribution in [0.3, 0.4) is 0 Å². The molecule has 0 aliphatic heterocycles. The molecule has 19 heavy (non-hydrogen) atoms. The smallest absolute Gasteiger partial charge is 0.194 e. The number of carbonyl (C=O) groups excluding carboxylic acids is 1. The third kappa shape index (κ3) is 5.01. The zero-order valence-corrected chi connectivity index (χ0v) is 13.0. The van der Waals surface area contributed by atoms with E-state index >= 15 is 0 Å². The Kier molecular flexibility index (Phi) is 6.63. The van der Waals surface area contributed by atoms with Crippen LogP contribution in [0.1, 0.15) is 31.7 Å². The number of Topliss-reactive ketones (excluding diaryl/α,β-unsaturated/α-hetero) is 1. The van der Waals surface area contributed by atoms with Crippen molar-refractivity contribution in [3.8, 4) is 0 Å². The SMILES string of the molecule is CCCCC(=O)C(Cl)=NNc1cc(Cl)cc(Cl)c1C. The molecule has 1 aromatic carbocycles. The summed E-state index contributed by atoms with van der Waals surface area (Å²) < 4.78 is 0. The number of nitrogens with one attached hydrogen (secondary N) is 1. The summed E-state index contributed by atoms with van der Waals surface area (Å²) in [5.41, 5.74) is 4.13. The van der Waals surface area contributed by atoms with Gasteiger partial charge in [-0.25, -0.2) is 0 Å². The van der Waals surface area contributed by atoms with Gasteiger partial charge in [-0.15, -0.1) is 0 Å². The lowest BCUT2D eigenvalue weighted by atomic mass is 10.2. The number of hydrogen-bond donors (Lipinski definition) is 1. The van der Waals surface area contributed by atoms with Gasteiger partial charge in [0.05, 0.1) is 5.69 Å². The van der Waals surface area contributed by atoms with Crippen LogP contribution >= 0.6 is 34.8 Å². The van der Waals surface area contributed by atoms with Gasteiger partial charge in [0.2, 0.25) is 0 Å². The van der Waals surface area contributed by atoms with Gasteiger partial charge in [0.15, 0.2) is 11.0 Å². The number of nitrogens with zero attached hydrogens (tertiary/aromatic N) is 1. The molecule has 1 N–H and O–H groups in total. The molecule has 1 aromatic rings. The Balaban J connectivity index is 2.78. The molecule has 104 valence electrons. The molecule has 3 nitrogen and oxygen atoms in total. The molecule has 0 fully saturated rings. The van der Waals surface area contributed by atoms with Gasteiger partial charge in [0.1, 0.15) is 0 Å². The van der Waals surface area contributed by atoms with E-state index in [0.29, 0.717) is 22.2 Å². The average Bonchev–Trinajstić information content (AvgIpc) is 2.37. The van der Waals surface area contributed by atoms with Crippen LogP contribution in [0.25, 0.3) is 0 Å². The van der Waals surface area contributed by atoms with E-state index in [1.165, 1.54) is 0 Å². The molecule has 0 spiro atoms. The van der Waals surface area contributed by atoms with Crippen LogP contribution in [0.4, 0.5) is 5.69 Å². The zero-order valence-electron chi connectivity index (χ0n) is 10.8. The first kappa shape index (κ1) is 16.3. The lowest BCUT2D eigenvalue weighted by Gasteiger charge is -2.08. The molecule has 0 saturated heterocycles. The van der Waals surface area contributed by atoms with Gasteiger partial charge in [-0.05, 0) is 31.0 Å². The molecule has 0 aliphatic rings. The van der Waals surface area contributed by atoms with Crippen LogP contribution in [-0.4, -0.2) is 11.0 Å². The van der Waals surface area contributed by atoms with E-state index in [0.717, 1.165) is 18.4 Å². The van der Waals surface area contributed by atoms with E-state index in [1.54, 1.807) is 12.1 Å². The van der Waals surface area contributed by atoms with Crippen molar-refractivity contribution in [2.45, 2.75) is 33.1 Å². The summed E-state index contributed by atoms with van der Waals surface area (Å²) in [4.78, 5) is 11.6. The number of rotatable bonds is 6. The Hall–Kier alpha value is -0.770. The van der Waals surface area contributed by atoms with Crippen LogP contribution in [-0.2, 0) is 4.79 Å². The van der Waals surface area contributed by atoms with Crippen LogP contribution in [0.5, 0.6) is 0 Å². The second kappa shape index (κ2) is 7.73. The Morgan fingerprint density at radius 1 is 1.37 bits per heavy atom. The number of hydrogen-bond acceptors (Lipinski definition) is 3. The summed E-state index contributed by atoms with van der Waals surface area (Å²) in [7, 11) is 0. The number of carbonyl (C=O) groups is 1. The van der Waals surface area contributed by atoms with Crippen molar-refractivity contribution in [1.29, 1.82) is 0 Å². The van der Waals surface area contributed by atoms with Crippen molar-refractivity contribution in [2.75, 3.05) is 5.43 Å². The Morgan fingerprint density at radius 3 is 2.68 bits per heavy atom. The van der Waals surface area contributed by atoms with E-state index in [-0.39, 0.29) is 11.0 Å². The predicted octanol–water partition coefficient (Wildman–Crippen LogP) is 5.03. The highest BCUT2D eigenvalue weighted by atomic mass is 35.5. The maximum Gasteiger partial charge on any atom is 0.194 e. The molecule has 0 unspecified atom stereocenters. The van der Waals surface area contributed by atoms with Crippen molar-refractivity contribution >= 4 is 51.4 Å². The van der Waals surface area contributed by atoms with E-state index in [1.807, 2.05) is 13.8 Å². The van der Waals surface area contributed by atoms with Crippen molar-refractivity contribution in [2.24, 2.45) is 5.10 Å². The molecule has 0 atom stereocenters. The number of halogens is 3. The van der Waals surface area contributed by atoms with E-state index in [4.69, 9.17) is 34.8 Å². The van der Waals surface area contributed by atoms with E-state index in [9.17, 15) is 4.79 Å². The summed E-state index contributed by atoms with van der Waals surface area (Å²) in [5, 5.41) is 4.80. The molecule has 0 aliphatic carbocycles. The molecular formula is C13H15Cl3N2O. The van der Waals surface area contributed by atoms with Gasteiger partial charge in [-0.2, -0.15) is 5.10 Å². The predicted molar refractivity (Wildman–Crippen MR) is 82.6 cm³/mol. The first-order valence-corrected chi connectivity index (χ1v) is 7.07. The van der Waals surface area contributed by atoms with Crippen molar-refractivity contribution in [3.63, 3.8) is 0 Å². The molecule has 0 aromatic heterocycles. The fourth-order valence-corrected chi connectivity index (χ4v) is 2.00. The quantitative estimate of drug-likeness (QED) is 0.590. The molecule has 0 saturated carbocycles. The van der Waals surface area contributed by atoms with Crippen molar-refractivity contribution in [3.05, 3.63) is 27.7 Å². The fourth-order valence-electron chi connectivity index (χ4n) is 1.37. The molecule has 0 radical (unpaired) electrons. The van der Waals surface area contributed by atoms with Gasteiger partial charge >= 0.3 is 0 Å². The third-order valence-corrected chi connectivity index (χ3v) is 3.48. The second-order valence-corrected chi connectivity index (χ2v) is 5.30. The summed E-state index contributed by atoms with van der Waals surface area (Å²) >= 11 is 17.7. The minimum atomic E-state index is -0.179. The van der Waals surface area contributed by atoms with E-state index in [2.05, 4.69) is 10.5 Å². The Morgan fingerprint density at radius 2 is 2.05 bits per heavy atom. The van der Waals surface area contributed by atoms with Crippen molar-refractivity contribution in [1.82, 2.24) is 0 Å². The average molecular weight is 322 g/mol. The largest absolute Gasteiger partial charge is 0.291 e. The fraction of sp³-hybridized carbons (Fsp3) is 0.385. The lowest BCUT2D eigenvalue weighted by Crippen LogP contribution is -2.09. The lowest BCUT2D eigenvalue weighted by molar-refractivity contribution is -0.112. The van der Waals surface area contributed by atoms with Gasteiger partial charge in [0.25, 0.3) is 0 Å². The Bertz CT molecular complexity index is 501. The second-order valence-electron chi connectivity index (χ2n) is 4.10. The standard InChI is InChI=1S/C13H15Cl3N2O/c1-3-4-5-12(19)13(16)18-17-11-7-9(14)6-10(15)8(11)2/h6-7,17H,3-5H2,1-2H3. The number of benzene rings is 1. The monoisotopic (exact) mass is 320 g/mol. The highest BCUT2D eigenvalue weighted by molar-refractivity contribution is 6.83. The van der Waals surface area contributed by atoms with Crippen LogP contribution < -0.4 is 5.43 Å². The summed E-state index contributed by atoms with van der Waals surface area (Å²) in [6, 6.07) is 3.31. The normalized spacial score (nSPS) is 11.5. The minimum absolute atomic E-state index is 0.0658. The van der Waals surface area contributed by atoms with E-state index < -0.39 is 0 Å². The third-order valence-electron chi connectivity index (χ3n) is 2.57. The number of hydrazone groups is 1. The number of unbranched alkanes of at least 4 members (excludes halogenated alkanes) is 1. The highest BCUT2D eigenvalue weighted by Gasteiger charge is 2.09. The van der Waals surface area contributed by atoms with Crippen LogP contribution in [0, 0.1) is 6.92 Å². The molecule has 1 rings (SSSR count). The summed E-state index contributed by atoms with van der Waals surface area (Å²) in [6.45, 7) is 3.83. The topological polar surface area (TPSA) is 41.5 Å². The van der Waals surface area contributed by atoms with Gasteiger partial charge in [0, 0.05) is 16.5 Å². The molecular weight excluding hydrogens is 307 g/mol. The van der Waals surface area contributed by atoms with Crippen molar-refractivity contribution < 1.29 is 4.79 Å². The Labute approximate surface area is 127 Å². The summed E-state index contributed by atoms with van der Waals surface area (Å²) in [6.07, 6.45) is 2.13. The first-order valence-electron chi connectivity index (χ1n) is 5.93. The maximum atomic E-state index is 11.6. The molecule has 6 heteroatoms.